The molecule has 0 aromatic heterocycles. The van der Waals surface area contributed by atoms with Crippen LogP contribution in [0.15, 0.2) is 0 Å². The van der Waals surface area contributed by atoms with Crippen molar-refractivity contribution in [1.82, 2.24) is 4.90 Å². The van der Waals surface area contributed by atoms with Crippen LogP contribution >= 0.6 is 0 Å². The number of halogens is 2. The summed E-state index contributed by atoms with van der Waals surface area (Å²) < 4.78 is 31.4. The predicted molar refractivity (Wildman–Crippen MR) is 56.3 cm³/mol. The Morgan fingerprint density at radius 3 is 2.39 bits per heavy atom. The molecule has 102 valence electrons. The summed E-state index contributed by atoms with van der Waals surface area (Å²) in [4.78, 5) is 23.7. The Bertz CT molecular complexity index is 404. The molecule has 1 amide bonds. The van der Waals surface area contributed by atoms with Crippen molar-refractivity contribution < 1.29 is 28.2 Å². The van der Waals surface area contributed by atoms with Crippen molar-refractivity contribution in [3.05, 3.63) is 0 Å². The number of ether oxygens (including phenoxy) is 1. The number of likely N-dealkylation sites (tertiary alicyclic amines) is 1. The number of hydrogen-bond acceptors (Lipinski definition) is 3. The molecule has 3 atom stereocenters. The van der Waals surface area contributed by atoms with E-state index in [1.165, 1.54) is 0 Å². The van der Waals surface area contributed by atoms with E-state index in [0.29, 0.717) is 0 Å². The largest absolute Gasteiger partial charge is 0.480 e. The summed E-state index contributed by atoms with van der Waals surface area (Å²) in [6.07, 6.45) is -0.849. The maximum atomic E-state index is 13.2. The van der Waals surface area contributed by atoms with Gasteiger partial charge in [-0.2, -0.15) is 0 Å². The average molecular weight is 263 g/mol. The lowest BCUT2D eigenvalue weighted by atomic mass is 10.2. The zero-order chi connectivity index (χ0) is 13.9. The van der Waals surface area contributed by atoms with E-state index in [-0.39, 0.29) is 6.54 Å². The minimum absolute atomic E-state index is 0.260. The Kier molecular flexibility index (Phi) is 2.57. The number of carboxylic acid groups (broad SMARTS) is 1. The second-order valence-electron chi connectivity index (χ2n) is 5.72. The van der Waals surface area contributed by atoms with Gasteiger partial charge in [0.15, 0.2) is 0 Å². The topological polar surface area (TPSA) is 66.8 Å². The summed E-state index contributed by atoms with van der Waals surface area (Å²) in [6, 6.07) is -1.49. The minimum atomic E-state index is -2.97. The van der Waals surface area contributed by atoms with Gasteiger partial charge >= 0.3 is 12.1 Å². The molecule has 0 unspecified atom stereocenters. The molecule has 0 aromatic carbocycles. The van der Waals surface area contributed by atoms with Gasteiger partial charge in [-0.25, -0.2) is 18.4 Å². The third-order valence-electron chi connectivity index (χ3n) is 3.21. The number of carbonyl (C=O) groups excluding carboxylic acids is 1. The van der Waals surface area contributed by atoms with E-state index >= 15 is 0 Å². The van der Waals surface area contributed by atoms with Gasteiger partial charge < -0.3 is 9.84 Å². The van der Waals surface area contributed by atoms with Crippen LogP contribution in [0.3, 0.4) is 0 Å². The van der Waals surface area contributed by atoms with Gasteiger partial charge in [0, 0.05) is 6.54 Å². The maximum Gasteiger partial charge on any atom is 0.411 e. The van der Waals surface area contributed by atoms with Gasteiger partial charge in [-0.15, -0.1) is 0 Å². The summed E-state index contributed by atoms with van der Waals surface area (Å²) >= 11 is 0. The third-order valence-corrected chi connectivity index (χ3v) is 3.21. The van der Waals surface area contributed by atoms with E-state index in [1.807, 2.05) is 0 Å². The molecule has 5 nitrogen and oxygen atoms in total. The molecule has 1 aliphatic carbocycles. The number of carboxylic acids is 1. The fraction of sp³-hybridized carbons (Fsp3) is 0.818. The molecule has 0 spiro atoms. The highest BCUT2D eigenvalue weighted by molar-refractivity contribution is 5.82. The van der Waals surface area contributed by atoms with Crippen LogP contribution in [0.2, 0.25) is 0 Å². The highest BCUT2D eigenvalue weighted by atomic mass is 19.3. The van der Waals surface area contributed by atoms with Gasteiger partial charge in [-0.3, -0.25) is 4.90 Å². The van der Waals surface area contributed by atoms with E-state index in [0.717, 1.165) is 4.90 Å². The summed E-state index contributed by atoms with van der Waals surface area (Å²) in [7, 11) is 0. The van der Waals surface area contributed by atoms with E-state index < -0.39 is 41.5 Å². The van der Waals surface area contributed by atoms with Crippen LogP contribution in [0.25, 0.3) is 0 Å². The van der Waals surface area contributed by atoms with Crippen LogP contribution < -0.4 is 0 Å². The highest BCUT2D eigenvalue weighted by Gasteiger charge is 2.78. The fourth-order valence-electron chi connectivity index (χ4n) is 2.40. The van der Waals surface area contributed by atoms with Crippen molar-refractivity contribution in [2.24, 2.45) is 11.8 Å². The van der Waals surface area contributed by atoms with E-state index in [1.54, 1.807) is 20.8 Å². The van der Waals surface area contributed by atoms with Crippen LogP contribution in [-0.4, -0.2) is 46.2 Å². The molecule has 1 N–H and O–H groups in total. The Hall–Kier alpha value is -1.40. The molecular formula is C11H15F2NO4. The number of hydrogen-bond donors (Lipinski definition) is 1. The summed E-state index contributed by atoms with van der Waals surface area (Å²) in [5.41, 5.74) is -0.782. The third kappa shape index (κ3) is 1.91. The van der Waals surface area contributed by atoms with Crippen LogP contribution in [0.5, 0.6) is 0 Å². The first kappa shape index (κ1) is 13.0. The number of fused-ring (bicyclic) bond motifs is 1. The molecule has 2 aliphatic rings. The normalized spacial score (nSPS) is 32.9. The highest BCUT2D eigenvalue weighted by Crippen LogP contribution is 2.62. The van der Waals surface area contributed by atoms with Gasteiger partial charge in [0.25, 0.3) is 5.92 Å². The van der Waals surface area contributed by atoms with Crippen LogP contribution in [-0.2, 0) is 9.53 Å². The first-order chi connectivity index (χ1) is 8.05. The second kappa shape index (κ2) is 3.55. The number of aliphatic carboxylic acids is 1. The second-order valence-corrected chi connectivity index (χ2v) is 5.72. The number of nitrogens with zero attached hydrogens (tertiary/aromatic N) is 1. The van der Waals surface area contributed by atoms with Crippen molar-refractivity contribution in [1.29, 1.82) is 0 Å². The Morgan fingerprint density at radius 2 is 1.94 bits per heavy atom. The maximum absolute atomic E-state index is 13.2. The van der Waals surface area contributed by atoms with Gasteiger partial charge in [0.2, 0.25) is 0 Å². The van der Waals surface area contributed by atoms with Crippen LogP contribution in [0.4, 0.5) is 13.6 Å². The predicted octanol–water partition coefficient (Wildman–Crippen LogP) is 1.57. The lowest BCUT2D eigenvalue weighted by molar-refractivity contribution is -0.144. The quantitative estimate of drug-likeness (QED) is 0.779. The van der Waals surface area contributed by atoms with Crippen LogP contribution in [0, 0.1) is 11.8 Å². The molecule has 0 aromatic rings. The fourth-order valence-corrected chi connectivity index (χ4v) is 2.40. The number of amides is 1. The van der Waals surface area contributed by atoms with E-state index in [9.17, 15) is 18.4 Å². The molecule has 1 heterocycles. The lowest BCUT2D eigenvalue weighted by Gasteiger charge is -2.29. The number of alkyl halides is 2. The molecule has 1 saturated heterocycles. The number of piperidine rings is 1. The van der Waals surface area contributed by atoms with Gasteiger partial charge in [-0.05, 0) is 20.8 Å². The smallest absolute Gasteiger partial charge is 0.411 e. The van der Waals surface area contributed by atoms with Gasteiger partial charge in [0.1, 0.15) is 11.6 Å². The monoisotopic (exact) mass is 263 g/mol. The van der Waals surface area contributed by atoms with Crippen molar-refractivity contribution in [2.75, 3.05) is 6.54 Å². The summed E-state index contributed by atoms with van der Waals surface area (Å²) in [5, 5.41) is 8.98. The molecule has 7 heteroatoms. The molecule has 0 radical (unpaired) electrons. The molecular weight excluding hydrogens is 248 g/mol. The Morgan fingerprint density at radius 1 is 1.39 bits per heavy atom. The van der Waals surface area contributed by atoms with Crippen molar-refractivity contribution in [2.45, 2.75) is 38.3 Å². The molecule has 0 bridgehead atoms. The Balaban J connectivity index is 2.12. The summed E-state index contributed by atoms with van der Waals surface area (Å²) in [6.45, 7) is 4.63. The molecule has 2 rings (SSSR count). The standard InChI is InChI=1S/C11H15F2NO4/c1-10(2,3)18-9(17)14-4-5-6(11(5,12)13)7(14)8(15)16/h5-7H,4H2,1-3H3,(H,15,16)/t5-,6-,7-/m1/s1. The summed E-state index contributed by atoms with van der Waals surface area (Å²) in [5.74, 6) is -6.71. The van der Waals surface area contributed by atoms with E-state index in [2.05, 4.69) is 0 Å². The molecule has 18 heavy (non-hydrogen) atoms. The van der Waals surface area contributed by atoms with Gasteiger partial charge in [0.05, 0.1) is 11.8 Å². The lowest BCUT2D eigenvalue weighted by Crippen LogP contribution is -2.47. The zero-order valence-corrected chi connectivity index (χ0v) is 10.3. The SMILES string of the molecule is CC(C)(C)OC(=O)N1C[C@@H]2[C@H]([C@@H]1C(=O)O)C2(F)F. The van der Waals surface area contributed by atoms with E-state index in [4.69, 9.17) is 9.84 Å². The number of carbonyl (C=O) groups is 2. The van der Waals surface area contributed by atoms with Crippen LogP contribution in [0.1, 0.15) is 20.8 Å². The molecule has 1 aliphatic heterocycles. The zero-order valence-electron chi connectivity index (χ0n) is 10.3. The van der Waals surface area contributed by atoms with Crippen molar-refractivity contribution in [3.63, 3.8) is 0 Å². The first-order valence-electron chi connectivity index (χ1n) is 5.66. The molecule has 1 saturated carbocycles. The van der Waals surface area contributed by atoms with Crippen molar-refractivity contribution in [3.8, 4) is 0 Å². The van der Waals surface area contributed by atoms with Gasteiger partial charge in [-0.1, -0.05) is 0 Å². The Labute approximate surface area is 103 Å². The average Bonchev–Trinajstić information content (AvgIpc) is 2.59. The number of rotatable bonds is 1. The molecule has 2 fully saturated rings. The first-order valence-corrected chi connectivity index (χ1v) is 5.66. The minimum Gasteiger partial charge on any atom is -0.480 e. The van der Waals surface area contributed by atoms with Crippen molar-refractivity contribution >= 4 is 12.1 Å².